The zero-order valence-electron chi connectivity index (χ0n) is 29.6. The van der Waals surface area contributed by atoms with Crippen molar-refractivity contribution in [3.05, 3.63) is 120 Å². The molecule has 0 bridgehead atoms. The van der Waals surface area contributed by atoms with Crippen molar-refractivity contribution >= 4 is 17.0 Å². The van der Waals surface area contributed by atoms with Gasteiger partial charge in [-0.25, -0.2) is 15.0 Å². The van der Waals surface area contributed by atoms with E-state index in [4.69, 9.17) is 28.4 Å². The van der Waals surface area contributed by atoms with E-state index in [0.717, 1.165) is 16.7 Å². The lowest BCUT2D eigenvalue weighted by molar-refractivity contribution is -0.329. The fraction of sp³-hybridized carbons (Fsp3) is 0.410. The van der Waals surface area contributed by atoms with Gasteiger partial charge in [0.1, 0.15) is 49.1 Å². The van der Waals surface area contributed by atoms with Crippen LogP contribution in [-0.4, -0.2) is 111 Å². The number of aliphatic hydroxyl groups is 3. The second kappa shape index (κ2) is 17.2. The van der Waals surface area contributed by atoms with Crippen LogP contribution in [0.15, 0.2) is 104 Å². The Morgan fingerprint density at radius 3 is 1.85 bits per heavy atom. The lowest BCUT2D eigenvalue weighted by Gasteiger charge is -2.43. The third-order valence-electron chi connectivity index (χ3n) is 9.36. The summed E-state index contributed by atoms with van der Waals surface area (Å²) in [6.45, 7) is 0.700. The number of ether oxygens (including phenoxy) is 6. The van der Waals surface area contributed by atoms with Crippen LogP contribution in [0.4, 0.5) is 5.82 Å². The first kappa shape index (κ1) is 37.0. The van der Waals surface area contributed by atoms with Crippen molar-refractivity contribution in [2.75, 3.05) is 32.2 Å². The average molecular weight is 728 g/mol. The number of anilines is 1. The molecule has 3 N–H and O–H groups in total. The molecule has 2 fully saturated rings. The maximum Gasteiger partial charge on any atom is 0.187 e. The fourth-order valence-electron chi connectivity index (χ4n) is 6.59. The van der Waals surface area contributed by atoms with Gasteiger partial charge >= 0.3 is 0 Å². The van der Waals surface area contributed by atoms with Crippen LogP contribution in [0.5, 0.6) is 0 Å². The minimum Gasteiger partial charge on any atom is -0.387 e. The number of imidazole rings is 1. The Bertz CT molecular complexity index is 1870. The van der Waals surface area contributed by atoms with E-state index in [9.17, 15) is 15.3 Å². The molecule has 53 heavy (non-hydrogen) atoms. The summed E-state index contributed by atoms with van der Waals surface area (Å²) < 4.78 is 39.3. The Labute approximate surface area is 307 Å². The van der Waals surface area contributed by atoms with Gasteiger partial charge in [0.05, 0.1) is 39.4 Å². The zero-order chi connectivity index (χ0) is 36.7. The summed E-state index contributed by atoms with van der Waals surface area (Å²) in [4.78, 5) is 15.2. The summed E-state index contributed by atoms with van der Waals surface area (Å²) in [5, 5.41) is 34.7. The third kappa shape index (κ3) is 8.57. The molecule has 2 aliphatic rings. The summed E-state index contributed by atoms with van der Waals surface area (Å²) in [6, 6.07) is 28.8. The van der Waals surface area contributed by atoms with Gasteiger partial charge < -0.3 is 48.6 Å². The number of hydrogen-bond acceptors (Lipinski definition) is 13. The second-order valence-electron chi connectivity index (χ2n) is 13.4. The first-order chi connectivity index (χ1) is 25.9. The van der Waals surface area contributed by atoms with Gasteiger partial charge in [-0.3, -0.25) is 4.57 Å². The molecule has 3 aromatic carbocycles. The van der Waals surface area contributed by atoms with Crippen molar-refractivity contribution in [1.82, 2.24) is 19.5 Å². The molecule has 0 radical (unpaired) electrons. The largest absolute Gasteiger partial charge is 0.387 e. The fourth-order valence-corrected chi connectivity index (χ4v) is 6.59. The molecule has 4 heterocycles. The van der Waals surface area contributed by atoms with Gasteiger partial charge in [-0.1, -0.05) is 91.0 Å². The molecule has 2 aromatic heterocycles. The van der Waals surface area contributed by atoms with Crippen LogP contribution < -0.4 is 4.90 Å². The molecular formula is C39H45N5O9. The van der Waals surface area contributed by atoms with E-state index in [-0.39, 0.29) is 26.4 Å². The molecule has 0 amide bonds. The molecule has 14 nitrogen and oxygen atoms in total. The van der Waals surface area contributed by atoms with Crippen molar-refractivity contribution in [2.45, 2.75) is 75.1 Å². The summed E-state index contributed by atoms with van der Waals surface area (Å²) in [7, 11) is 3.72. The van der Waals surface area contributed by atoms with E-state index in [2.05, 4.69) is 15.0 Å². The van der Waals surface area contributed by atoms with Crippen molar-refractivity contribution in [2.24, 2.45) is 0 Å². The molecule has 0 spiro atoms. The molecule has 280 valence electrons. The van der Waals surface area contributed by atoms with Crippen LogP contribution in [-0.2, 0) is 48.2 Å². The minimum atomic E-state index is -1.41. The molecule has 0 aliphatic carbocycles. The first-order valence-electron chi connectivity index (χ1n) is 17.6. The molecule has 9 atom stereocenters. The summed E-state index contributed by atoms with van der Waals surface area (Å²) in [5.74, 6) is 0.610. The molecular weight excluding hydrogens is 682 g/mol. The van der Waals surface area contributed by atoms with Gasteiger partial charge in [0.25, 0.3) is 0 Å². The molecule has 2 saturated heterocycles. The van der Waals surface area contributed by atoms with E-state index in [1.165, 1.54) is 6.33 Å². The van der Waals surface area contributed by atoms with E-state index >= 15 is 0 Å². The summed E-state index contributed by atoms with van der Waals surface area (Å²) in [5.41, 5.74) is 3.76. The monoisotopic (exact) mass is 727 g/mol. The predicted molar refractivity (Wildman–Crippen MR) is 192 cm³/mol. The number of nitrogens with zero attached hydrogens (tertiary/aromatic N) is 5. The van der Waals surface area contributed by atoms with E-state index in [1.54, 1.807) is 10.9 Å². The number of aliphatic hydroxyl groups excluding tert-OH is 3. The Morgan fingerprint density at radius 1 is 0.660 bits per heavy atom. The number of aromatic nitrogens is 4. The maximum absolute atomic E-state index is 12.0. The van der Waals surface area contributed by atoms with Crippen molar-refractivity contribution < 1.29 is 43.7 Å². The molecule has 2 aliphatic heterocycles. The highest BCUT2D eigenvalue weighted by molar-refractivity contribution is 5.83. The lowest BCUT2D eigenvalue weighted by atomic mass is 9.98. The standard InChI is InChI=1S/C39H45N5O9/c1-43(2)36-30-37(41-23-40-36)44(24-42-30)38-33(47)34(29(51-38)22-49-19-26-14-8-4-9-15-26)53-39-35(50-20-27-16-10-5-11-17-27)32(46)31(45)28(52-39)21-48-18-25-12-6-3-7-13-25/h3-17,23-24,28-29,31-35,38-39,45-47H,18-22H2,1-2H3/t28-,29-,31-,32+,33-,34-,35-,38-,39-/m1/s1. The summed E-state index contributed by atoms with van der Waals surface area (Å²) >= 11 is 0. The van der Waals surface area contributed by atoms with Crippen LogP contribution >= 0.6 is 0 Å². The van der Waals surface area contributed by atoms with Gasteiger partial charge in [0.15, 0.2) is 29.5 Å². The van der Waals surface area contributed by atoms with Crippen molar-refractivity contribution in [3.8, 4) is 0 Å². The minimum absolute atomic E-state index is 0.0384. The number of fused-ring (bicyclic) bond motifs is 1. The first-order valence-corrected chi connectivity index (χ1v) is 17.6. The highest BCUT2D eigenvalue weighted by Crippen LogP contribution is 2.37. The molecule has 5 aromatic rings. The van der Waals surface area contributed by atoms with Gasteiger partial charge in [-0.05, 0) is 16.7 Å². The highest BCUT2D eigenvalue weighted by atomic mass is 16.7. The predicted octanol–water partition coefficient (Wildman–Crippen LogP) is 3.00. The van der Waals surface area contributed by atoms with Crippen LogP contribution in [0.2, 0.25) is 0 Å². The highest BCUT2D eigenvalue weighted by Gasteiger charge is 2.52. The van der Waals surface area contributed by atoms with Gasteiger partial charge in [0.2, 0.25) is 0 Å². The number of rotatable bonds is 15. The zero-order valence-corrected chi connectivity index (χ0v) is 29.6. The normalized spacial score (nSPS) is 27.3. The van der Waals surface area contributed by atoms with Gasteiger partial charge in [0, 0.05) is 14.1 Å². The lowest BCUT2D eigenvalue weighted by Crippen LogP contribution is -2.61. The van der Waals surface area contributed by atoms with Crippen LogP contribution in [0.1, 0.15) is 22.9 Å². The van der Waals surface area contributed by atoms with Crippen LogP contribution in [0, 0.1) is 0 Å². The Hall–Kier alpha value is -4.35. The van der Waals surface area contributed by atoms with Crippen molar-refractivity contribution in [1.29, 1.82) is 0 Å². The third-order valence-corrected chi connectivity index (χ3v) is 9.36. The van der Waals surface area contributed by atoms with E-state index in [1.807, 2.05) is 110 Å². The van der Waals surface area contributed by atoms with Crippen LogP contribution in [0.3, 0.4) is 0 Å². The van der Waals surface area contributed by atoms with Crippen LogP contribution in [0.25, 0.3) is 11.2 Å². The van der Waals surface area contributed by atoms with Gasteiger partial charge in [-0.15, -0.1) is 0 Å². The maximum atomic E-state index is 12.0. The molecule has 0 saturated carbocycles. The Morgan fingerprint density at radius 2 is 1.25 bits per heavy atom. The van der Waals surface area contributed by atoms with Crippen molar-refractivity contribution in [3.63, 3.8) is 0 Å². The Balaban J connectivity index is 1.15. The molecule has 14 heteroatoms. The topological polar surface area (TPSA) is 163 Å². The van der Waals surface area contributed by atoms with E-state index in [0.29, 0.717) is 23.6 Å². The molecule has 7 rings (SSSR count). The quantitative estimate of drug-likeness (QED) is 0.144. The summed E-state index contributed by atoms with van der Waals surface area (Å²) in [6.07, 6.45) is -7.24. The SMILES string of the molecule is CN(C)c1ncnc2c1ncn2[C@@H]1O[C@H](COCc2ccccc2)[C@@H](O[C@H]2O[C@H](COCc3ccccc3)[C@@H](O)[C@H](O)[C@H]2OCc2ccccc2)[C@H]1O. The number of benzene rings is 3. The second-order valence-corrected chi connectivity index (χ2v) is 13.4. The Kier molecular flexibility index (Phi) is 12.0. The average Bonchev–Trinajstić information content (AvgIpc) is 3.74. The van der Waals surface area contributed by atoms with E-state index < -0.39 is 55.2 Å². The van der Waals surface area contributed by atoms with Gasteiger partial charge in [-0.2, -0.15) is 0 Å². The molecule has 0 unspecified atom stereocenters. The number of hydrogen-bond donors (Lipinski definition) is 3. The smallest absolute Gasteiger partial charge is 0.187 e.